The number of rotatable bonds is 4. The molecule has 0 atom stereocenters. The van der Waals surface area contributed by atoms with E-state index in [9.17, 15) is 9.59 Å². The molecule has 0 heterocycles. The highest BCUT2D eigenvalue weighted by Crippen LogP contribution is 2.17. The van der Waals surface area contributed by atoms with Gasteiger partial charge in [0.2, 0.25) is 0 Å². The van der Waals surface area contributed by atoms with Gasteiger partial charge in [0.15, 0.2) is 5.78 Å². The average Bonchev–Trinajstić information content (AvgIpc) is 2.52. The summed E-state index contributed by atoms with van der Waals surface area (Å²) in [5, 5.41) is 2.57. The Kier molecular flexibility index (Phi) is 4.91. The van der Waals surface area contributed by atoms with Crippen molar-refractivity contribution < 1.29 is 9.59 Å². The van der Waals surface area contributed by atoms with Crippen LogP contribution in [-0.2, 0) is 0 Å². The topological polar surface area (TPSA) is 46.2 Å². The Balaban J connectivity index is 2.36. The first-order valence-electron chi connectivity index (χ1n) is 6.24. The van der Waals surface area contributed by atoms with E-state index in [0.29, 0.717) is 16.7 Å². The molecule has 2 aromatic carbocycles. The van der Waals surface area contributed by atoms with Gasteiger partial charge in [-0.15, -0.1) is 6.42 Å². The van der Waals surface area contributed by atoms with Crippen LogP contribution >= 0.6 is 15.9 Å². The maximum Gasteiger partial charge on any atom is 0.252 e. The lowest BCUT2D eigenvalue weighted by Crippen LogP contribution is -2.25. The number of halogens is 1. The first kappa shape index (κ1) is 15.0. The Labute approximate surface area is 131 Å². The Morgan fingerprint density at radius 1 is 1.05 bits per heavy atom. The van der Waals surface area contributed by atoms with Gasteiger partial charge in [0.25, 0.3) is 5.91 Å². The number of hydrogen-bond acceptors (Lipinski definition) is 2. The largest absolute Gasteiger partial charge is 0.341 e. The molecular formula is C17H12BrNO2. The number of terminal acetylenes is 1. The van der Waals surface area contributed by atoms with Crippen molar-refractivity contribution in [2.24, 2.45) is 0 Å². The lowest BCUT2D eigenvalue weighted by atomic mass is 9.98. The Hall–Kier alpha value is -2.38. The minimum Gasteiger partial charge on any atom is -0.341 e. The van der Waals surface area contributed by atoms with Crippen molar-refractivity contribution in [1.29, 1.82) is 0 Å². The van der Waals surface area contributed by atoms with Crippen LogP contribution in [0, 0.1) is 12.3 Å². The molecule has 0 spiro atoms. The smallest absolute Gasteiger partial charge is 0.252 e. The molecule has 2 aromatic rings. The maximum absolute atomic E-state index is 12.5. The summed E-state index contributed by atoms with van der Waals surface area (Å²) in [4.78, 5) is 24.6. The molecule has 0 unspecified atom stereocenters. The number of carbonyl (C=O) groups is 2. The van der Waals surface area contributed by atoms with Gasteiger partial charge >= 0.3 is 0 Å². The standard InChI is InChI=1S/C17H12BrNO2/c1-2-11-19-17(21)15-6-4-3-5-14(15)16(20)12-7-9-13(18)10-8-12/h1,3-10H,11H2,(H,19,21). The van der Waals surface area contributed by atoms with E-state index in [4.69, 9.17) is 6.42 Å². The highest BCUT2D eigenvalue weighted by molar-refractivity contribution is 9.10. The first-order chi connectivity index (χ1) is 10.1. The molecule has 0 bridgehead atoms. The summed E-state index contributed by atoms with van der Waals surface area (Å²) >= 11 is 3.32. The zero-order chi connectivity index (χ0) is 15.2. The third kappa shape index (κ3) is 3.59. The molecule has 21 heavy (non-hydrogen) atoms. The Bertz CT molecular complexity index is 714. The van der Waals surface area contributed by atoms with E-state index < -0.39 is 0 Å². The molecular weight excluding hydrogens is 330 g/mol. The summed E-state index contributed by atoms with van der Waals surface area (Å²) in [6.07, 6.45) is 5.12. The van der Waals surface area contributed by atoms with Crippen LogP contribution in [0.5, 0.6) is 0 Å². The zero-order valence-electron chi connectivity index (χ0n) is 11.1. The SMILES string of the molecule is C#CCNC(=O)c1ccccc1C(=O)c1ccc(Br)cc1. The quantitative estimate of drug-likeness (QED) is 0.686. The van der Waals surface area contributed by atoms with Gasteiger partial charge in [-0.2, -0.15) is 0 Å². The second-order valence-electron chi connectivity index (χ2n) is 4.27. The van der Waals surface area contributed by atoms with Gasteiger partial charge in [0, 0.05) is 15.6 Å². The van der Waals surface area contributed by atoms with Crippen LogP contribution in [0.25, 0.3) is 0 Å². The molecule has 3 nitrogen and oxygen atoms in total. The van der Waals surface area contributed by atoms with Gasteiger partial charge in [-0.1, -0.05) is 40.0 Å². The fraction of sp³-hybridized carbons (Fsp3) is 0.0588. The molecule has 2 rings (SSSR count). The van der Waals surface area contributed by atoms with Gasteiger partial charge in [0.1, 0.15) is 0 Å². The molecule has 1 amide bonds. The van der Waals surface area contributed by atoms with Crippen molar-refractivity contribution in [2.45, 2.75) is 0 Å². The third-order valence-electron chi connectivity index (χ3n) is 2.87. The van der Waals surface area contributed by atoms with Gasteiger partial charge in [-0.25, -0.2) is 0 Å². The van der Waals surface area contributed by atoms with E-state index in [0.717, 1.165) is 4.47 Å². The van der Waals surface area contributed by atoms with Crippen molar-refractivity contribution in [3.05, 3.63) is 69.7 Å². The summed E-state index contributed by atoms with van der Waals surface area (Å²) in [5.41, 5.74) is 1.20. The lowest BCUT2D eigenvalue weighted by Gasteiger charge is -2.08. The number of ketones is 1. The monoisotopic (exact) mass is 341 g/mol. The highest BCUT2D eigenvalue weighted by Gasteiger charge is 2.17. The molecule has 104 valence electrons. The molecule has 0 aliphatic rings. The number of amides is 1. The van der Waals surface area contributed by atoms with Crippen molar-refractivity contribution in [3.63, 3.8) is 0 Å². The van der Waals surface area contributed by atoms with Crippen molar-refractivity contribution in [1.82, 2.24) is 5.32 Å². The van der Waals surface area contributed by atoms with E-state index in [1.165, 1.54) is 0 Å². The zero-order valence-corrected chi connectivity index (χ0v) is 12.7. The van der Waals surface area contributed by atoms with Crippen LogP contribution in [0.1, 0.15) is 26.3 Å². The predicted molar refractivity (Wildman–Crippen MR) is 85.2 cm³/mol. The third-order valence-corrected chi connectivity index (χ3v) is 3.40. The van der Waals surface area contributed by atoms with E-state index in [1.54, 1.807) is 48.5 Å². The molecule has 0 aromatic heterocycles. The van der Waals surface area contributed by atoms with E-state index in [2.05, 4.69) is 27.2 Å². The second kappa shape index (κ2) is 6.87. The number of benzene rings is 2. The summed E-state index contributed by atoms with van der Waals surface area (Å²) in [5.74, 6) is 1.78. The van der Waals surface area contributed by atoms with Crippen LogP contribution in [0.15, 0.2) is 53.0 Å². The first-order valence-corrected chi connectivity index (χ1v) is 7.03. The summed E-state index contributed by atoms with van der Waals surface area (Å²) < 4.78 is 0.888. The maximum atomic E-state index is 12.5. The Morgan fingerprint density at radius 3 is 2.29 bits per heavy atom. The van der Waals surface area contributed by atoms with E-state index in [-0.39, 0.29) is 18.2 Å². The van der Waals surface area contributed by atoms with Gasteiger partial charge in [0.05, 0.1) is 12.1 Å². The molecule has 1 N–H and O–H groups in total. The molecule has 0 aliphatic carbocycles. The highest BCUT2D eigenvalue weighted by atomic mass is 79.9. The minimum atomic E-state index is -0.353. The number of hydrogen-bond donors (Lipinski definition) is 1. The van der Waals surface area contributed by atoms with Crippen LogP contribution < -0.4 is 5.32 Å². The van der Waals surface area contributed by atoms with Crippen LogP contribution in [0.3, 0.4) is 0 Å². The van der Waals surface area contributed by atoms with Crippen molar-refractivity contribution >= 4 is 27.6 Å². The van der Waals surface area contributed by atoms with Crippen LogP contribution in [0.4, 0.5) is 0 Å². The fourth-order valence-corrected chi connectivity index (χ4v) is 2.13. The fourth-order valence-electron chi connectivity index (χ4n) is 1.86. The number of carbonyl (C=O) groups excluding carboxylic acids is 2. The summed E-state index contributed by atoms with van der Waals surface area (Å²) in [7, 11) is 0. The minimum absolute atomic E-state index is 0.125. The lowest BCUT2D eigenvalue weighted by molar-refractivity contribution is 0.0946. The number of nitrogens with one attached hydrogen (secondary N) is 1. The van der Waals surface area contributed by atoms with E-state index >= 15 is 0 Å². The Morgan fingerprint density at radius 2 is 1.67 bits per heavy atom. The summed E-state index contributed by atoms with van der Waals surface area (Å²) in [6.45, 7) is 0.125. The van der Waals surface area contributed by atoms with Gasteiger partial charge in [-0.3, -0.25) is 9.59 Å². The normalized spacial score (nSPS) is 9.71. The molecule has 4 heteroatoms. The van der Waals surface area contributed by atoms with E-state index in [1.807, 2.05) is 0 Å². The molecule has 0 radical (unpaired) electrons. The van der Waals surface area contributed by atoms with Gasteiger partial charge < -0.3 is 5.32 Å². The van der Waals surface area contributed by atoms with Crippen LogP contribution in [-0.4, -0.2) is 18.2 Å². The molecule has 0 aliphatic heterocycles. The molecule has 0 saturated carbocycles. The molecule has 0 fully saturated rings. The molecule has 0 saturated heterocycles. The average molecular weight is 342 g/mol. The van der Waals surface area contributed by atoms with Crippen LogP contribution in [0.2, 0.25) is 0 Å². The summed E-state index contributed by atoms with van der Waals surface area (Å²) in [6, 6.07) is 13.7. The predicted octanol–water partition coefficient (Wildman–Crippen LogP) is 3.04. The van der Waals surface area contributed by atoms with Crippen molar-refractivity contribution in [3.8, 4) is 12.3 Å². The second-order valence-corrected chi connectivity index (χ2v) is 5.18. The van der Waals surface area contributed by atoms with Gasteiger partial charge in [-0.05, 0) is 30.3 Å². The van der Waals surface area contributed by atoms with Crippen molar-refractivity contribution in [2.75, 3.05) is 6.54 Å².